The predicted octanol–water partition coefficient (Wildman–Crippen LogP) is 4.03. The summed E-state index contributed by atoms with van der Waals surface area (Å²) < 4.78 is 32.8. The molecule has 1 fully saturated rings. The summed E-state index contributed by atoms with van der Waals surface area (Å²) >= 11 is 0. The van der Waals surface area contributed by atoms with Crippen LogP contribution in [0.25, 0.3) is 11.5 Å². The number of rotatable bonds is 5. The average molecular weight is 455 g/mol. The maximum Gasteiger partial charge on any atom is 0.322 e. The number of aryl methyl sites for hydroxylation is 2. The lowest BCUT2D eigenvalue weighted by Gasteiger charge is -2.29. The fourth-order valence-corrected chi connectivity index (χ4v) is 5.28. The second-order valence-electron chi connectivity index (χ2n) is 8.35. The van der Waals surface area contributed by atoms with Crippen LogP contribution in [0.4, 0.5) is 6.01 Å². The van der Waals surface area contributed by atoms with E-state index < -0.39 is 15.9 Å². The Balaban J connectivity index is 1.45. The van der Waals surface area contributed by atoms with Gasteiger partial charge in [-0.05, 0) is 69.0 Å². The highest BCUT2D eigenvalue weighted by Gasteiger charge is 2.28. The molecule has 8 nitrogen and oxygen atoms in total. The Labute approximate surface area is 187 Å². The highest BCUT2D eigenvalue weighted by atomic mass is 32.2. The monoisotopic (exact) mass is 454 g/mol. The number of hydrogen-bond acceptors (Lipinski definition) is 6. The number of benzene rings is 2. The number of anilines is 1. The van der Waals surface area contributed by atoms with Gasteiger partial charge in [0.1, 0.15) is 0 Å². The summed E-state index contributed by atoms with van der Waals surface area (Å²) in [6, 6.07) is 11.7. The van der Waals surface area contributed by atoms with E-state index in [1.165, 1.54) is 28.6 Å². The maximum atomic E-state index is 12.8. The molecule has 2 heterocycles. The van der Waals surface area contributed by atoms with Crippen LogP contribution in [0.5, 0.6) is 0 Å². The van der Waals surface area contributed by atoms with Crippen LogP contribution in [0, 0.1) is 19.8 Å². The van der Waals surface area contributed by atoms with Gasteiger partial charge >= 0.3 is 6.01 Å². The zero-order chi connectivity index (χ0) is 22.9. The van der Waals surface area contributed by atoms with Gasteiger partial charge in [-0.15, -0.1) is 5.10 Å². The van der Waals surface area contributed by atoms with E-state index >= 15 is 0 Å². The highest BCUT2D eigenvalue weighted by molar-refractivity contribution is 7.89. The molecule has 0 saturated carbocycles. The molecular formula is C23H26N4O4S. The zero-order valence-corrected chi connectivity index (χ0v) is 19.1. The van der Waals surface area contributed by atoms with E-state index in [1.807, 2.05) is 32.0 Å². The quantitative estimate of drug-likeness (QED) is 0.624. The van der Waals surface area contributed by atoms with Crippen molar-refractivity contribution in [3.8, 4) is 11.5 Å². The molecule has 32 heavy (non-hydrogen) atoms. The molecule has 4 rings (SSSR count). The molecule has 0 unspecified atom stereocenters. The van der Waals surface area contributed by atoms with Crippen molar-refractivity contribution < 1.29 is 17.6 Å². The summed E-state index contributed by atoms with van der Waals surface area (Å²) in [7, 11) is -3.56. The van der Waals surface area contributed by atoms with Gasteiger partial charge in [-0.25, -0.2) is 8.42 Å². The number of hydrogen-bond donors (Lipinski definition) is 1. The van der Waals surface area contributed by atoms with Crippen molar-refractivity contribution in [2.45, 2.75) is 38.5 Å². The van der Waals surface area contributed by atoms with Gasteiger partial charge in [0.25, 0.3) is 5.91 Å². The van der Waals surface area contributed by atoms with Crippen molar-refractivity contribution in [1.82, 2.24) is 14.5 Å². The van der Waals surface area contributed by atoms with Crippen LogP contribution in [0.2, 0.25) is 0 Å². The molecule has 9 heteroatoms. The van der Waals surface area contributed by atoms with Crippen molar-refractivity contribution >= 4 is 21.9 Å². The number of nitrogens with zero attached hydrogens (tertiary/aromatic N) is 3. The average Bonchev–Trinajstić information content (AvgIpc) is 3.22. The summed E-state index contributed by atoms with van der Waals surface area (Å²) in [6.07, 6.45) is 1.71. The van der Waals surface area contributed by atoms with E-state index in [9.17, 15) is 13.2 Å². The molecule has 0 bridgehead atoms. The molecule has 1 aromatic heterocycles. The maximum absolute atomic E-state index is 12.8. The van der Waals surface area contributed by atoms with Gasteiger partial charge < -0.3 is 4.42 Å². The van der Waals surface area contributed by atoms with Crippen LogP contribution < -0.4 is 5.32 Å². The van der Waals surface area contributed by atoms with Gasteiger partial charge in [0.05, 0.1) is 4.90 Å². The van der Waals surface area contributed by atoms with E-state index in [0.717, 1.165) is 29.5 Å². The van der Waals surface area contributed by atoms with Crippen molar-refractivity contribution in [1.29, 1.82) is 0 Å². The molecule has 1 saturated heterocycles. The molecule has 1 aliphatic rings. The minimum Gasteiger partial charge on any atom is -0.403 e. The number of sulfonamides is 1. The Morgan fingerprint density at radius 2 is 1.66 bits per heavy atom. The second-order valence-corrected chi connectivity index (χ2v) is 10.3. The van der Waals surface area contributed by atoms with E-state index in [4.69, 9.17) is 4.42 Å². The van der Waals surface area contributed by atoms with E-state index in [0.29, 0.717) is 30.5 Å². The molecule has 1 N–H and O–H groups in total. The van der Waals surface area contributed by atoms with E-state index in [2.05, 4.69) is 22.4 Å². The minimum atomic E-state index is -3.56. The first kappa shape index (κ1) is 22.2. The Bertz CT molecular complexity index is 1210. The third-order valence-electron chi connectivity index (χ3n) is 5.61. The SMILES string of the molecule is Cc1cc(C)cc(-c2nnc(NC(=O)c3ccc(S(=O)(=O)N4CCC(C)CC4)cc3)o2)c1. The lowest BCUT2D eigenvalue weighted by atomic mass is 10.0. The number of carbonyl (C=O) groups is 1. The van der Waals surface area contributed by atoms with E-state index in [1.54, 1.807) is 0 Å². The topological polar surface area (TPSA) is 105 Å². The fraction of sp³-hybridized carbons (Fsp3) is 0.348. The van der Waals surface area contributed by atoms with Crippen LogP contribution >= 0.6 is 0 Å². The van der Waals surface area contributed by atoms with Gasteiger partial charge in [-0.1, -0.05) is 29.2 Å². The molecule has 0 spiro atoms. The standard InChI is InChI=1S/C23H26N4O4S/c1-15-8-10-27(11-9-15)32(29,30)20-6-4-18(5-7-20)21(28)24-23-26-25-22(31-23)19-13-16(2)12-17(3)14-19/h4-7,12-15H,8-11H2,1-3H3,(H,24,26,28). The Kier molecular flexibility index (Phi) is 6.12. The lowest BCUT2D eigenvalue weighted by Crippen LogP contribution is -2.37. The summed E-state index contributed by atoms with van der Waals surface area (Å²) in [4.78, 5) is 12.7. The van der Waals surface area contributed by atoms with Gasteiger partial charge in [0.15, 0.2) is 0 Å². The molecule has 168 valence electrons. The minimum absolute atomic E-state index is 0.0247. The summed E-state index contributed by atoms with van der Waals surface area (Å²) in [5.41, 5.74) is 3.20. The largest absolute Gasteiger partial charge is 0.403 e. The summed E-state index contributed by atoms with van der Waals surface area (Å²) in [6.45, 7) is 7.12. The summed E-state index contributed by atoms with van der Waals surface area (Å²) in [5.74, 6) is 0.383. The van der Waals surface area contributed by atoms with E-state index in [-0.39, 0.29) is 10.9 Å². The van der Waals surface area contributed by atoms with Gasteiger partial charge in [-0.3, -0.25) is 10.1 Å². The summed E-state index contributed by atoms with van der Waals surface area (Å²) in [5, 5.41) is 10.5. The van der Waals surface area contributed by atoms with Crippen LogP contribution in [0.1, 0.15) is 41.3 Å². The van der Waals surface area contributed by atoms with Crippen LogP contribution in [0.3, 0.4) is 0 Å². The van der Waals surface area contributed by atoms with Gasteiger partial charge in [0.2, 0.25) is 15.9 Å². The zero-order valence-electron chi connectivity index (χ0n) is 18.3. The third-order valence-corrected chi connectivity index (χ3v) is 7.52. The van der Waals surface area contributed by atoms with Crippen molar-refractivity contribution in [3.63, 3.8) is 0 Å². The van der Waals surface area contributed by atoms with Crippen molar-refractivity contribution in [3.05, 3.63) is 59.2 Å². The smallest absolute Gasteiger partial charge is 0.322 e. The molecule has 0 atom stereocenters. The van der Waals surface area contributed by atoms with Gasteiger partial charge in [-0.2, -0.15) is 4.31 Å². The first-order valence-corrected chi connectivity index (χ1v) is 12.0. The Morgan fingerprint density at radius 1 is 1.03 bits per heavy atom. The third kappa shape index (κ3) is 4.73. The normalized spacial score (nSPS) is 15.6. The molecular weight excluding hydrogens is 428 g/mol. The molecule has 0 aliphatic carbocycles. The Morgan fingerprint density at radius 3 is 2.28 bits per heavy atom. The fourth-order valence-electron chi connectivity index (χ4n) is 3.81. The number of piperidine rings is 1. The number of aromatic nitrogens is 2. The Hall–Kier alpha value is -3.04. The number of carbonyl (C=O) groups excluding carboxylic acids is 1. The molecule has 2 aromatic carbocycles. The lowest BCUT2D eigenvalue weighted by molar-refractivity contribution is 0.102. The van der Waals surface area contributed by atoms with Crippen molar-refractivity contribution in [2.24, 2.45) is 5.92 Å². The molecule has 0 radical (unpaired) electrons. The van der Waals surface area contributed by atoms with Crippen LogP contribution in [0.15, 0.2) is 51.8 Å². The highest BCUT2D eigenvalue weighted by Crippen LogP contribution is 2.25. The molecule has 3 aromatic rings. The second kappa shape index (κ2) is 8.84. The van der Waals surface area contributed by atoms with Gasteiger partial charge in [0, 0.05) is 24.2 Å². The molecule has 1 amide bonds. The molecule has 1 aliphatic heterocycles. The number of amides is 1. The van der Waals surface area contributed by atoms with Crippen molar-refractivity contribution in [2.75, 3.05) is 18.4 Å². The predicted molar refractivity (Wildman–Crippen MR) is 121 cm³/mol. The first-order valence-electron chi connectivity index (χ1n) is 10.6. The van der Waals surface area contributed by atoms with Crippen LogP contribution in [-0.4, -0.2) is 41.9 Å². The number of nitrogens with one attached hydrogen (secondary N) is 1. The van der Waals surface area contributed by atoms with Crippen LogP contribution in [-0.2, 0) is 10.0 Å². The first-order chi connectivity index (χ1) is 15.2.